The molecule has 0 aliphatic heterocycles. The summed E-state index contributed by atoms with van der Waals surface area (Å²) in [5.74, 6) is -3.38. The molecule has 1 aliphatic rings. The first-order valence-electron chi connectivity index (χ1n) is 3.78. The summed E-state index contributed by atoms with van der Waals surface area (Å²) in [4.78, 5) is -0.383. The van der Waals surface area contributed by atoms with E-state index in [-0.39, 0.29) is 4.91 Å². The molecule has 76 valence electrons. The second-order valence-corrected chi connectivity index (χ2v) is 4.62. The third kappa shape index (κ3) is 2.19. The Balaban J connectivity index is 3.21. The van der Waals surface area contributed by atoms with E-state index in [2.05, 4.69) is 5.73 Å². The lowest BCUT2D eigenvalue weighted by Gasteiger charge is -2.02. The topological polar surface area (TPSA) is 34.1 Å². The van der Waals surface area contributed by atoms with Crippen molar-refractivity contribution in [2.75, 3.05) is 0 Å². The monoisotopic (exact) mass is 218 g/mol. The van der Waals surface area contributed by atoms with Gasteiger partial charge in [0, 0.05) is 0 Å². The molecule has 0 radical (unpaired) electrons. The van der Waals surface area contributed by atoms with Gasteiger partial charge in [-0.2, -0.15) is 8.78 Å². The van der Waals surface area contributed by atoms with Crippen molar-refractivity contribution in [3.63, 3.8) is 0 Å². The average Bonchev–Trinajstić information content (AvgIpc) is 2.29. The molecule has 0 spiro atoms. The Morgan fingerprint density at radius 2 is 2.07 bits per heavy atom. The number of allylic oxidation sites excluding steroid dienone is 4. The maximum atomic E-state index is 12.2. The number of alkyl halides is 2. The smallest absolute Gasteiger partial charge is 0.218 e. The van der Waals surface area contributed by atoms with Gasteiger partial charge in [0.2, 0.25) is 9.84 Å². The van der Waals surface area contributed by atoms with E-state index >= 15 is 0 Å². The Labute approximate surface area is 80.9 Å². The van der Waals surface area contributed by atoms with Gasteiger partial charge in [0.05, 0.1) is 4.91 Å². The van der Waals surface area contributed by atoms with Crippen molar-refractivity contribution in [3.05, 3.63) is 40.5 Å². The average molecular weight is 218 g/mol. The summed E-state index contributed by atoms with van der Waals surface area (Å²) < 4.78 is 46.4. The van der Waals surface area contributed by atoms with Crippen LogP contribution in [0.5, 0.6) is 0 Å². The first-order chi connectivity index (χ1) is 6.44. The van der Waals surface area contributed by atoms with Gasteiger partial charge in [0.1, 0.15) is 0 Å². The normalized spacial score (nSPS) is 16.6. The van der Waals surface area contributed by atoms with Gasteiger partial charge in [0.25, 0.3) is 0 Å². The summed E-state index contributed by atoms with van der Waals surface area (Å²) in [7, 11) is -4.50. The fourth-order valence-corrected chi connectivity index (χ4v) is 1.72. The number of hydrogen-bond donors (Lipinski definition) is 0. The molecule has 1 aliphatic carbocycles. The fourth-order valence-electron chi connectivity index (χ4n) is 0.906. The molecule has 5 heteroatoms. The predicted octanol–water partition coefficient (Wildman–Crippen LogP) is 2.18. The minimum Gasteiger partial charge on any atom is -0.218 e. The molecular formula is C9H8F2O2S. The van der Waals surface area contributed by atoms with Crippen molar-refractivity contribution in [2.45, 2.75) is 12.7 Å². The summed E-state index contributed by atoms with van der Waals surface area (Å²) in [5.41, 5.74) is 3.20. The summed E-state index contributed by atoms with van der Waals surface area (Å²) >= 11 is 0. The minimum absolute atomic E-state index is 0.383. The highest BCUT2D eigenvalue weighted by Gasteiger charge is 2.27. The third-order valence-electron chi connectivity index (χ3n) is 1.59. The van der Waals surface area contributed by atoms with Gasteiger partial charge in [-0.1, -0.05) is 6.08 Å². The zero-order valence-corrected chi connectivity index (χ0v) is 8.18. The first kappa shape index (κ1) is 10.9. The first-order valence-corrected chi connectivity index (χ1v) is 5.33. The highest BCUT2D eigenvalue weighted by atomic mass is 32.2. The number of hydrogen-bond acceptors (Lipinski definition) is 2. The van der Waals surface area contributed by atoms with Crippen molar-refractivity contribution in [2.24, 2.45) is 0 Å². The molecule has 0 unspecified atom stereocenters. The van der Waals surface area contributed by atoms with Crippen molar-refractivity contribution >= 4 is 9.84 Å². The molecular weight excluding hydrogens is 210 g/mol. The van der Waals surface area contributed by atoms with Crippen LogP contribution in [0.2, 0.25) is 0 Å². The van der Waals surface area contributed by atoms with Crippen molar-refractivity contribution in [1.82, 2.24) is 0 Å². The molecule has 0 amide bonds. The summed E-state index contributed by atoms with van der Waals surface area (Å²) in [6, 6.07) is 0. The van der Waals surface area contributed by atoms with Crippen LogP contribution in [0, 0.1) is 0 Å². The van der Waals surface area contributed by atoms with Crippen LogP contribution in [-0.4, -0.2) is 14.2 Å². The van der Waals surface area contributed by atoms with E-state index in [0.717, 1.165) is 6.08 Å². The van der Waals surface area contributed by atoms with Crippen LogP contribution in [0.25, 0.3) is 0 Å². The highest BCUT2D eigenvalue weighted by molar-refractivity contribution is 7.95. The Morgan fingerprint density at radius 3 is 2.64 bits per heavy atom. The van der Waals surface area contributed by atoms with Crippen molar-refractivity contribution < 1.29 is 17.2 Å². The molecule has 2 nitrogen and oxygen atoms in total. The SMILES string of the molecule is CC1=C=CC=CC(S(=O)(=O)C(F)F)=C1. The molecule has 0 bridgehead atoms. The van der Waals surface area contributed by atoms with Crippen LogP contribution in [0.1, 0.15) is 6.92 Å². The van der Waals surface area contributed by atoms with E-state index < -0.39 is 15.6 Å². The number of rotatable bonds is 2. The molecule has 0 heterocycles. The maximum absolute atomic E-state index is 12.2. The van der Waals surface area contributed by atoms with Gasteiger partial charge in [-0.05, 0) is 30.7 Å². The lowest BCUT2D eigenvalue weighted by Crippen LogP contribution is -2.12. The molecule has 0 aromatic rings. The fraction of sp³-hybridized carbons (Fsp3) is 0.222. The molecule has 0 fully saturated rings. The van der Waals surface area contributed by atoms with Crippen LogP contribution >= 0.6 is 0 Å². The zero-order chi connectivity index (χ0) is 10.8. The van der Waals surface area contributed by atoms with Gasteiger partial charge >= 0.3 is 5.76 Å². The number of halogens is 2. The van der Waals surface area contributed by atoms with E-state index in [4.69, 9.17) is 0 Å². The van der Waals surface area contributed by atoms with Gasteiger partial charge in [0.15, 0.2) is 0 Å². The van der Waals surface area contributed by atoms with E-state index in [9.17, 15) is 17.2 Å². The van der Waals surface area contributed by atoms with E-state index in [1.807, 2.05) is 0 Å². The van der Waals surface area contributed by atoms with Crippen LogP contribution < -0.4 is 0 Å². The zero-order valence-electron chi connectivity index (χ0n) is 7.37. The van der Waals surface area contributed by atoms with Gasteiger partial charge < -0.3 is 0 Å². The summed E-state index contributed by atoms with van der Waals surface area (Å²) in [5, 5.41) is 0. The Morgan fingerprint density at radius 1 is 1.43 bits per heavy atom. The van der Waals surface area contributed by atoms with Crippen LogP contribution in [0.3, 0.4) is 0 Å². The minimum atomic E-state index is -4.50. The standard InChI is InChI=1S/C9H8F2O2S/c1-7-4-2-3-5-8(6-7)14(12,13)9(10)11/h2-3,5-6,9H,1H3. The molecule has 0 saturated carbocycles. The molecule has 0 atom stereocenters. The molecule has 0 aromatic carbocycles. The summed E-state index contributed by atoms with van der Waals surface area (Å²) in [6.07, 6.45) is 5.13. The Bertz CT molecular complexity index is 449. The lowest BCUT2D eigenvalue weighted by atomic mass is 10.3. The number of sulfone groups is 1. The van der Waals surface area contributed by atoms with E-state index in [1.165, 1.54) is 18.2 Å². The Hall–Kier alpha value is -1.19. The van der Waals surface area contributed by atoms with Crippen LogP contribution in [0.4, 0.5) is 8.78 Å². The second kappa shape index (κ2) is 3.90. The summed E-state index contributed by atoms with van der Waals surface area (Å²) in [6.45, 7) is 1.59. The maximum Gasteiger partial charge on any atom is 0.341 e. The van der Waals surface area contributed by atoms with E-state index in [1.54, 1.807) is 6.92 Å². The second-order valence-electron chi connectivity index (χ2n) is 2.71. The lowest BCUT2D eigenvalue weighted by molar-refractivity contribution is 0.236. The van der Waals surface area contributed by atoms with Crippen molar-refractivity contribution in [3.8, 4) is 0 Å². The Kier molecular flexibility index (Phi) is 3.03. The molecule has 14 heavy (non-hydrogen) atoms. The van der Waals surface area contributed by atoms with Gasteiger partial charge in [-0.25, -0.2) is 8.42 Å². The quantitative estimate of drug-likeness (QED) is 0.666. The highest BCUT2D eigenvalue weighted by Crippen LogP contribution is 2.20. The molecule has 0 saturated heterocycles. The molecule has 0 N–H and O–H groups in total. The van der Waals surface area contributed by atoms with Gasteiger partial charge in [-0.15, -0.1) is 5.73 Å². The largest absolute Gasteiger partial charge is 0.341 e. The van der Waals surface area contributed by atoms with Crippen LogP contribution in [0.15, 0.2) is 40.5 Å². The molecule has 0 aromatic heterocycles. The third-order valence-corrected chi connectivity index (χ3v) is 2.97. The predicted molar refractivity (Wildman–Crippen MR) is 49.4 cm³/mol. The van der Waals surface area contributed by atoms with Gasteiger partial charge in [-0.3, -0.25) is 0 Å². The molecule has 1 rings (SSSR count). The van der Waals surface area contributed by atoms with Crippen molar-refractivity contribution in [1.29, 1.82) is 0 Å². The van der Waals surface area contributed by atoms with E-state index in [0.29, 0.717) is 5.57 Å². The van der Waals surface area contributed by atoms with Crippen LogP contribution in [-0.2, 0) is 9.84 Å².